The largest absolute Gasteiger partial charge is 0.493 e. The smallest absolute Gasteiger partial charge is 0.219 e. The molecule has 1 N–H and O–H groups in total. The molecule has 0 aliphatic carbocycles. The first kappa shape index (κ1) is 12.5. The van der Waals surface area contributed by atoms with E-state index in [4.69, 9.17) is 14.3 Å². The molecule has 0 aliphatic heterocycles. The van der Waals surface area contributed by atoms with Crippen molar-refractivity contribution in [2.45, 2.75) is 12.8 Å². The monoisotopic (exact) mass is 252 g/mol. The number of ether oxygens (including phenoxy) is 1. The number of hydrogen-bond donors (Lipinski definition) is 1. The molecule has 96 valence electrons. The van der Waals surface area contributed by atoms with Crippen LogP contribution in [0.3, 0.4) is 0 Å². The lowest BCUT2D eigenvalue weighted by Gasteiger charge is -2.03. The van der Waals surface area contributed by atoms with Gasteiger partial charge in [0, 0.05) is 12.5 Å². The van der Waals surface area contributed by atoms with Gasteiger partial charge >= 0.3 is 0 Å². The van der Waals surface area contributed by atoms with Crippen LogP contribution in [0, 0.1) is 5.82 Å². The van der Waals surface area contributed by atoms with E-state index < -0.39 is 0 Å². The fourth-order valence-corrected chi connectivity index (χ4v) is 1.40. The van der Waals surface area contributed by atoms with E-state index >= 15 is 0 Å². The summed E-state index contributed by atoms with van der Waals surface area (Å²) in [4.78, 5) is 0. The van der Waals surface area contributed by atoms with Crippen LogP contribution in [0.2, 0.25) is 0 Å². The second-order valence-corrected chi connectivity index (χ2v) is 3.62. The van der Waals surface area contributed by atoms with E-state index in [1.54, 1.807) is 12.1 Å². The van der Waals surface area contributed by atoms with Crippen molar-refractivity contribution in [3.05, 3.63) is 41.9 Å². The van der Waals surface area contributed by atoms with Crippen molar-refractivity contribution in [2.75, 3.05) is 13.2 Å². The molecule has 0 bridgehead atoms. The molecule has 0 aliphatic rings. The lowest BCUT2D eigenvalue weighted by atomic mass is 10.3. The van der Waals surface area contributed by atoms with Gasteiger partial charge in [-0.3, -0.25) is 0 Å². The average Bonchev–Trinajstić information content (AvgIpc) is 2.78. The zero-order chi connectivity index (χ0) is 12.8. The fraction of sp³-hybridized carbons (Fsp3) is 0.333. The van der Waals surface area contributed by atoms with Crippen LogP contribution in [-0.4, -0.2) is 28.5 Å². The molecule has 0 unspecified atom stereocenters. The van der Waals surface area contributed by atoms with Crippen LogP contribution in [0.4, 0.5) is 4.39 Å². The fourth-order valence-electron chi connectivity index (χ4n) is 1.40. The minimum Gasteiger partial charge on any atom is -0.493 e. The van der Waals surface area contributed by atoms with Gasteiger partial charge in [-0.1, -0.05) is 6.07 Å². The highest BCUT2D eigenvalue weighted by atomic mass is 19.1. The Labute approximate surface area is 103 Å². The Kier molecular flexibility index (Phi) is 4.25. The van der Waals surface area contributed by atoms with E-state index in [0.29, 0.717) is 37.0 Å². The van der Waals surface area contributed by atoms with E-state index in [9.17, 15) is 4.39 Å². The van der Waals surface area contributed by atoms with Gasteiger partial charge in [0.1, 0.15) is 11.6 Å². The third-order valence-electron chi connectivity index (χ3n) is 2.22. The van der Waals surface area contributed by atoms with E-state index in [-0.39, 0.29) is 12.4 Å². The molecule has 18 heavy (non-hydrogen) atoms. The molecule has 0 amide bonds. The number of aliphatic hydroxyl groups is 1. The van der Waals surface area contributed by atoms with Crippen LogP contribution in [0.15, 0.2) is 28.7 Å². The highest BCUT2D eigenvalue weighted by molar-refractivity contribution is 5.22. The summed E-state index contributed by atoms with van der Waals surface area (Å²) in [5.74, 6) is 0.966. The van der Waals surface area contributed by atoms with Crippen molar-refractivity contribution in [2.24, 2.45) is 0 Å². The minimum atomic E-state index is -0.337. The molecular weight excluding hydrogens is 239 g/mol. The molecule has 2 aromatic rings. The summed E-state index contributed by atoms with van der Waals surface area (Å²) >= 11 is 0. The Bertz CT molecular complexity index is 502. The molecule has 0 atom stereocenters. The van der Waals surface area contributed by atoms with Crippen LogP contribution in [0.25, 0.3) is 0 Å². The first-order valence-electron chi connectivity index (χ1n) is 5.58. The van der Waals surface area contributed by atoms with Crippen LogP contribution >= 0.6 is 0 Å². The Hall–Kier alpha value is -1.95. The lowest BCUT2D eigenvalue weighted by Crippen LogP contribution is -2.01. The lowest BCUT2D eigenvalue weighted by molar-refractivity contribution is 0.277. The highest BCUT2D eigenvalue weighted by Crippen LogP contribution is 2.12. The second kappa shape index (κ2) is 6.11. The van der Waals surface area contributed by atoms with Gasteiger partial charge in [0.25, 0.3) is 0 Å². The van der Waals surface area contributed by atoms with E-state index in [2.05, 4.69) is 10.2 Å². The van der Waals surface area contributed by atoms with Crippen LogP contribution in [0.5, 0.6) is 5.75 Å². The Morgan fingerprint density at radius 1 is 1.22 bits per heavy atom. The predicted octanol–water partition coefficient (Wildman–Crippen LogP) is 1.37. The van der Waals surface area contributed by atoms with Gasteiger partial charge in [-0.15, -0.1) is 10.2 Å². The summed E-state index contributed by atoms with van der Waals surface area (Å²) in [6, 6.07) is 5.92. The van der Waals surface area contributed by atoms with Gasteiger partial charge < -0.3 is 14.3 Å². The maximum atomic E-state index is 12.9. The Morgan fingerprint density at radius 3 is 2.72 bits per heavy atom. The molecule has 6 heteroatoms. The number of hydrogen-bond acceptors (Lipinski definition) is 5. The van der Waals surface area contributed by atoms with E-state index in [0.717, 1.165) is 0 Å². The molecule has 0 spiro atoms. The molecule has 1 aromatic heterocycles. The van der Waals surface area contributed by atoms with Gasteiger partial charge in [0.05, 0.1) is 19.6 Å². The SMILES string of the molecule is OCCc1nnc(CCOc2cccc(F)c2)o1. The number of nitrogens with zero attached hydrogens (tertiary/aromatic N) is 2. The van der Waals surface area contributed by atoms with Crippen molar-refractivity contribution in [3.63, 3.8) is 0 Å². The molecular formula is C12H13FN2O3. The highest BCUT2D eigenvalue weighted by Gasteiger charge is 2.05. The van der Waals surface area contributed by atoms with Gasteiger partial charge in [-0.05, 0) is 12.1 Å². The molecule has 1 aromatic carbocycles. The first-order valence-corrected chi connectivity index (χ1v) is 5.58. The summed E-state index contributed by atoms with van der Waals surface area (Å²) in [7, 11) is 0. The molecule has 5 nitrogen and oxygen atoms in total. The van der Waals surface area contributed by atoms with Crippen LogP contribution in [0.1, 0.15) is 11.8 Å². The summed E-state index contributed by atoms with van der Waals surface area (Å²) in [6.07, 6.45) is 0.784. The van der Waals surface area contributed by atoms with Crippen molar-refractivity contribution < 1.29 is 18.7 Å². The molecule has 2 rings (SSSR count). The minimum absolute atomic E-state index is 0.0264. The summed E-state index contributed by atoms with van der Waals surface area (Å²) in [5, 5.41) is 16.2. The topological polar surface area (TPSA) is 68.4 Å². The first-order chi connectivity index (χ1) is 8.78. The number of halogens is 1. The predicted molar refractivity (Wildman–Crippen MR) is 60.7 cm³/mol. The van der Waals surface area contributed by atoms with Gasteiger partial charge in [0.2, 0.25) is 11.8 Å². The van der Waals surface area contributed by atoms with Crippen molar-refractivity contribution in [1.82, 2.24) is 10.2 Å². The van der Waals surface area contributed by atoms with Crippen LogP contribution < -0.4 is 4.74 Å². The van der Waals surface area contributed by atoms with Crippen molar-refractivity contribution in [1.29, 1.82) is 0 Å². The van der Waals surface area contributed by atoms with Gasteiger partial charge in [-0.25, -0.2) is 4.39 Å². The summed E-state index contributed by atoms with van der Waals surface area (Å²) < 4.78 is 23.5. The Balaban J connectivity index is 1.81. The van der Waals surface area contributed by atoms with Crippen LogP contribution in [-0.2, 0) is 12.8 Å². The molecule has 1 heterocycles. The number of benzene rings is 1. The average molecular weight is 252 g/mol. The summed E-state index contributed by atoms with van der Waals surface area (Å²) in [5.41, 5.74) is 0. The van der Waals surface area contributed by atoms with Gasteiger partial charge in [-0.2, -0.15) is 0 Å². The van der Waals surface area contributed by atoms with E-state index in [1.807, 2.05) is 0 Å². The van der Waals surface area contributed by atoms with E-state index in [1.165, 1.54) is 12.1 Å². The zero-order valence-electron chi connectivity index (χ0n) is 9.67. The quantitative estimate of drug-likeness (QED) is 0.840. The molecule has 0 fully saturated rings. The molecule has 0 radical (unpaired) electrons. The third kappa shape index (κ3) is 3.53. The number of rotatable bonds is 6. The maximum absolute atomic E-state index is 12.9. The summed E-state index contributed by atoms with van der Waals surface area (Å²) in [6.45, 7) is 0.297. The number of aromatic nitrogens is 2. The maximum Gasteiger partial charge on any atom is 0.219 e. The van der Waals surface area contributed by atoms with Crippen molar-refractivity contribution >= 4 is 0 Å². The molecule has 0 saturated heterocycles. The van der Waals surface area contributed by atoms with Gasteiger partial charge in [0.15, 0.2) is 0 Å². The zero-order valence-corrected chi connectivity index (χ0v) is 9.67. The standard InChI is InChI=1S/C12H13FN2O3/c13-9-2-1-3-10(8-9)17-7-5-12-15-14-11(18-12)4-6-16/h1-3,8,16H,4-7H2. The second-order valence-electron chi connectivity index (χ2n) is 3.62. The molecule has 0 saturated carbocycles. The third-order valence-corrected chi connectivity index (χ3v) is 2.22. The number of aliphatic hydroxyl groups excluding tert-OH is 1. The van der Waals surface area contributed by atoms with Crippen molar-refractivity contribution in [3.8, 4) is 5.75 Å². The Morgan fingerprint density at radius 2 is 2.00 bits per heavy atom. The normalized spacial score (nSPS) is 10.6.